The Morgan fingerprint density at radius 3 is 2.41 bits per heavy atom. The first kappa shape index (κ1) is 13.2. The van der Waals surface area contributed by atoms with Crippen LogP contribution in [0.5, 0.6) is 0 Å². The maximum atomic E-state index is 12.0. The number of hydrogen-bond donors (Lipinski definition) is 1. The molecule has 0 aliphatic carbocycles. The lowest BCUT2D eigenvalue weighted by Gasteiger charge is -2.19. The van der Waals surface area contributed by atoms with Gasteiger partial charge in [-0.05, 0) is 12.1 Å². The van der Waals surface area contributed by atoms with Crippen LogP contribution in [0.15, 0.2) is 43.8 Å². The molecule has 2 aromatic carbocycles. The van der Waals surface area contributed by atoms with E-state index in [4.69, 9.17) is 0 Å². The maximum absolute atomic E-state index is 12.0. The summed E-state index contributed by atoms with van der Waals surface area (Å²) in [6.07, 6.45) is 0. The molecule has 2 heterocycles. The maximum Gasteiger partial charge on any atom is 0.371 e. The number of hydrogen-bond acceptors (Lipinski definition) is 7. The number of fused-ring (bicyclic) bond motifs is 4. The molecule has 110 valence electrons. The zero-order chi connectivity index (χ0) is 15.6. The van der Waals surface area contributed by atoms with Gasteiger partial charge in [-0.25, -0.2) is 4.21 Å². The first-order valence-corrected chi connectivity index (χ1v) is 7.95. The highest BCUT2D eigenvalue weighted by molar-refractivity contribution is 8.01. The van der Waals surface area contributed by atoms with Crippen molar-refractivity contribution in [2.45, 2.75) is 19.6 Å². The second-order valence-electron chi connectivity index (χ2n) is 4.57. The molecule has 0 amide bonds. The van der Waals surface area contributed by atoms with Crippen molar-refractivity contribution in [2.24, 2.45) is 0 Å². The van der Waals surface area contributed by atoms with Gasteiger partial charge in [0.2, 0.25) is 0 Å². The Hall–Kier alpha value is -2.46. The molecule has 0 radical (unpaired) electrons. The van der Waals surface area contributed by atoms with E-state index >= 15 is 0 Å². The Kier molecular flexibility index (Phi) is 2.57. The summed E-state index contributed by atoms with van der Waals surface area (Å²) in [5, 5.41) is 25.4. The molecule has 4 rings (SSSR count). The van der Waals surface area contributed by atoms with E-state index in [1.54, 1.807) is 12.1 Å². The number of rotatable bonds is 2. The van der Waals surface area contributed by atoms with Gasteiger partial charge in [0.15, 0.2) is 0 Å². The zero-order valence-electron chi connectivity index (χ0n) is 10.6. The molecule has 0 aromatic heterocycles. The van der Waals surface area contributed by atoms with Gasteiger partial charge in [0, 0.05) is 4.90 Å². The summed E-state index contributed by atoms with van der Waals surface area (Å²) in [6, 6.07) is 7.11. The lowest BCUT2D eigenvalue weighted by Crippen LogP contribution is -2.05. The third-order valence-electron chi connectivity index (χ3n) is 3.37. The van der Waals surface area contributed by atoms with E-state index in [2.05, 4.69) is 5.32 Å². The molecule has 0 fully saturated rings. The number of nitrogens with one attached hydrogen (secondary N) is 1. The lowest BCUT2D eigenvalue weighted by molar-refractivity contribution is -0.423. The van der Waals surface area contributed by atoms with Crippen LogP contribution in [0, 0.1) is 20.2 Å². The topological polar surface area (TPSA) is 115 Å². The van der Waals surface area contributed by atoms with Crippen molar-refractivity contribution in [3.8, 4) is 0 Å². The number of anilines is 2. The molecule has 8 nitrogen and oxygen atoms in total. The van der Waals surface area contributed by atoms with E-state index < -0.39 is 32.0 Å². The highest BCUT2D eigenvalue weighted by Gasteiger charge is 2.51. The zero-order valence-corrected chi connectivity index (χ0v) is 12.2. The van der Waals surface area contributed by atoms with Crippen LogP contribution >= 0.6 is 11.8 Å². The van der Waals surface area contributed by atoms with E-state index in [9.17, 15) is 24.4 Å². The van der Waals surface area contributed by atoms with E-state index in [-0.39, 0.29) is 10.6 Å². The van der Waals surface area contributed by atoms with Gasteiger partial charge >= 0.3 is 11.4 Å². The molecule has 0 bridgehead atoms. The van der Waals surface area contributed by atoms with Crippen molar-refractivity contribution < 1.29 is 14.1 Å². The number of nitrogens with zero attached hydrogens (tertiary/aromatic N) is 2. The van der Waals surface area contributed by atoms with Gasteiger partial charge in [0.1, 0.15) is 10.6 Å². The van der Waals surface area contributed by atoms with Gasteiger partial charge in [0.05, 0.1) is 36.1 Å². The van der Waals surface area contributed by atoms with E-state index in [1.165, 1.54) is 11.8 Å². The fraction of sp³-hybridized carbons (Fsp3) is 0. The average molecular weight is 335 g/mol. The van der Waals surface area contributed by atoms with Gasteiger partial charge < -0.3 is 5.32 Å². The second kappa shape index (κ2) is 4.27. The van der Waals surface area contributed by atoms with Crippen molar-refractivity contribution in [3.05, 3.63) is 44.5 Å². The molecule has 1 unspecified atom stereocenters. The molecule has 2 aliphatic rings. The molecule has 0 saturated carbocycles. The highest BCUT2D eigenvalue weighted by atomic mass is 32.2. The van der Waals surface area contributed by atoms with Crippen LogP contribution in [-0.4, -0.2) is 14.1 Å². The summed E-state index contributed by atoms with van der Waals surface area (Å²) < 4.78 is 12.0. The standard InChI is InChI=1S/C12H5N3O5S2/c16-14(17)8-7-10(12-11(22(12)20)9(8)15(18)19)21-6-4-2-1-3-5(6)13-7/h1-4,13H. The SMILES string of the molecule is O=[N+]([O-])c1c2c(c3c(c1[N+](=O)[O-])S3=O)Sc1ccccc1N2. The van der Waals surface area contributed by atoms with E-state index in [0.29, 0.717) is 15.5 Å². The fourth-order valence-electron chi connectivity index (χ4n) is 2.43. The Morgan fingerprint density at radius 2 is 1.73 bits per heavy atom. The monoisotopic (exact) mass is 335 g/mol. The quantitative estimate of drug-likeness (QED) is 0.340. The summed E-state index contributed by atoms with van der Waals surface area (Å²) in [6.45, 7) is 0. The smallest absolute Gasteiger partial charge is 0.348 e. The number of nitro benzene ring substituents is 2. The summed E-state index contributed by atoms with van der Waals surface area (Å²) in [5.41, 5.74) is -0.634. The number of para-hydroxylation sites is 1. The van der Waals surface area contributed by atoms with Crippen LogP contribution in [0.25, 0.3) is 0 Å². The molecular weight excluding hydrogens is 330 g/mol. The molecule has 0 saturated heterocycles. The predicted octanol–water partition coefficient (Wildman–Crippen LogP) is 3.19. The molecule has 1 atom stereocenters. The largest absolute Gasteiger partial charge is 0.371 e. The highest BCUT2D eigenvalue weighted by Crippen LogP contribution is 2.61. The predicted molar refractivity (Wildman–Crippen MR) is 78.3 cm³/mol. The van der Waals surface area contributed by atoms with Crippen LogP contribution in [0.1, 0.15) is 0 Å². The van der Waals surface area contributed by atoms with E-state index in [0.717, 1.165) is 4.90 Å². The molecule has 0 spiro atoms. The second-order valence-corrected chi connectivity index (χ2v) is 6.97. The first-order valence-electron chi connectivity index (χ1n) is 5.99. The minimum atomic E-state index is -1.65. The van der Waals surface area contributed by atoms with Gasteiger partial charge in [-0.3, -0.25) is 20.2 Å². The van der Waals surface area contributed by atoms with E-state index in [1.807, 2.05) is 12.1 Å². The summed E-state index contributed by atoms with van der Waals surface area (Å²) >= 11 is 1.23. The fourth-order valence-corrected chi connectivity index (χ4v) is 5.07. The van der Waals surface area contributed by atoms with Gasteiger partial charge in [-0.1, -0.05) is 23.9 Å². The molecule has 2 aliphatic heterocycles. The third kappa shape index (κ3) is 1.61. The van der Waals surface area contributed by atoms with Crippen LogP contribution < -0.4 is 5.32 Å². The van der Waals surface area contributed by atoms with Crippen molar-refractivity contribution in [2.75, 3.05) is 5.32 Å². The number of nitro groups is 2. The Labute approximate surface area is 129 Å². The third-order valence-corrected chi connectivity index (χ3v) is 6.03. The van der Waals surface area contributed by atoms with Crippen molar-refractivity contribution in [1.82, 2.24) is 0 Å². The first-order chi connectivity index (χ1) is 10.5. The lowest BCUT2D eigenvalue weighted by atomic mass is 10.2. The van der Waals surface area contributed by atoms with Gasteiger partial charge in [-0.15, -0.1) is 0 Å². The van der Waals surface area contributed by atoms with Crippen molar-refractivity contribution in [1.29, 1.82) is 0 Å². The van der Waals surface area contributed by atoms with Crippen LogP contribution in [-0.2, 0) is 10.8 Å². The average Bonchev–Trinajstić information content (AvgIpc) is 3.15. The Bertz CT molecular complexity index is 927. The molecular formula is C12H5N3O5S2. The Morgan fingerprint density at radius 1 is 1.05 bits per heavy atom. The summed E-state index contributed by atoms with van der Waals surface area (Å²) in [7, 11) is -1.65. The molecule has 2 aromatic rings. The summed E-state index contributed by atoms with van der Waals surface area (Å²) in [5.74, 6) is 0. The van der Waals surface area contributed by atoms with Crippen molar-refractivity contribution in [3.63, 3.8) is 0 Å². The van der Waals surface area contributed by atoms with Gasteiger partial charge in [-0.2, -0.15) is 0 Å². The van der Waals surface area contributed by atoms with Crippen LogP contribution in [0.4, 0.5) is 22.7 Å². The minimum absolute atomic E-state index is 0.0378. The Balaban J connectivity index is 2.04. The van der Waals surface area contributed by atoms with Crippen molar-refractivity contribution >= 4 is 45.3 Å². The van der Waals surface area contributed by atoms with Crippen LogP contribution in [0.3, 0.4) is 0 Å². The number of benzene rings is 2. The molecule has 22 heavy (non-hydrogen) atoms. The molecule has 1 N–H and O–H groups in total. The van der Waals surface area contributed by atoms with Crippen LogP contribution in [0.2, 0.25) is 0 Å². The minimum Gasteiger partial charge on any atom is -0.348 e. The van der Waals surface area contributed by atoms with Gasteiger partial charge in [0.25, 0.3) is 0 Å². The summed E-state index contributed by atoms with van der Waals surface area (Å²) in [4.78, 5) is 22.4. The molecule has 10 heteroatoms. The normalized spacial score (nSPS) is 16.8.